The summed E-state index contributed by atoms with van der Waals surface area (Å²) in [6.07, 6.45) is 10.5. The van der Waals surface area contributed by atoms with Crippen LogP contribution in [-0.2, 0) is 4.74 Å². The van der Waals surface area contributed by atoms with Crippen molar-refractivity contribution in [3.05, 3.63) is 119 Å². The molecule has 0 aliphatic heterocycles. The third kappa shape index (κ3) is 9.56. The van der Waals surface area contributed by atoms with Crippen molar-refractivity contribution >= 4 is 56.8 Å². The molecule has 0 spiro atoms. The van der Waals surface area contributed by atoms with Crippen LogP contribution in [0.4, 0.5) is 11.6 Å². The Hall–Kier alpha value is -6.90. The van der Waals surface area contributed by atoms with E-state index in [1.807, 2.05) is 60.9 Å². The molecule has 8 aromatic rings. The fourth-order valence-corrected chi connectivity index (χ4v) is 8.06. The standard InChI is InChI=1S/2C26H29N5O2/c1-16-13-21-22(14-17(16)2)31-23(15-28-25(31)24(30-21)27-11-4-12-33-3)18-5-7-19(8-6-18)26(32)29-20-9-10-20;1-16-13-21-22(14-17(16)2)31-23(15-28-25(31)24(30-21)27-11-3-4-12-32)18-5-7-19(8-6-18)26(33)29-20-9-10-20/h5-8,13-15,20H,4,9-12H2,1-3H3,(H,27,30)(H,29,32);5-8,13-15,20,32H,3-4,9-12H2,1-2H3,(H,27,30)(H,29,33). The van der Waals surface area contributed by atoms with Gasteiger partial charge in [0.15, 0.2) is 22.9 Å². The first-order valence-electron chi connectivity index (χ1n) is 23.1. The number of nitrogens with one attached hydrogen (secondary N) is 4. The second-order valence-electron chi connectivity index (χ2n) is 17.7. The molecule has 0 radical (unpaired) electrons. The zero-order valence-electron chi connectivity index (χ0n) is 38.4. The third-order valence-electron chi connectivity index (χ3n) is 12.5. The molecule has 2 aliphatic carbocycles. The lowest BCUT2D eigenvalue weighted by molar-refractivity contribution is 0.0942. The Morgan fingerprint density at radius 1 is 0.621 bits per heavy atom. The molecule has 4 heterocycles. The van der Waals surface area contributed by atoms with Crippen LogP contribution in [0.5, 0.6) is 0 Å². The Balaban J connectivity index is 0.000000166. The maximum atomic E-state index is 12.4. The molecule has 10 rings (SSSR count). The summed E-state index contributed by atoms with van der Waals surface area (Å²) in [5.74, 6) is 1.46. The van der Waals surface area contributed by atoms with Gasteiger partial charge >= 0.3 is 0 Å². The van der Waals surface area contributed by atoms with Crippen molar-refractivity contribution in [2.75, 3.05) is 44.0 Å². The average molecular weight is 887 g/mol. The highest BCUT2D eigenvalue weighted by Crippen LogP contribution is 2.32. The summed E-state index contributed by atoms with van der Waals surface area (Å²) in [5, 5.41) is 22.0. The number of aliphatic hydroxyl groups excluding tert-OH is 1. The second-order valence-corrected chi connectivity index (χ2v) is 17.7. The first-order valence-corrected chi connectivity index (χ1v) is 23.1. The number of fused-ring (bicyclic) bond motifs is 6. The van der Waals surface area contributed by atoms with Crippen LogP contribution >= 0.6 is 0 Å². The number of imidazole rings is 2. The number of carbonyl (C=O) groups is 2. The number of ether oxygens (including phenoxy) is 1. The highest BCUT2D eigenvalue weighted by molar-refractivity contribution is 5.96. The molecule has 340 valence electrons. The molecule has 0 bridgehead atoms. The van der Waals surface area contributed by atoms with E-state index in [-0.39, 0.29) is 18.4 Å². The number of aromatic nitrogens is 6. The lowest BCUT2D eigenvalue weighted by atomic mass is 10.1. The summed E-state index contributed by atoms with van der Waals surface area (Å²) in [6.45, 7) is 10.7. The predicted molar refractivity (Wildman–Crippen MR) is 262 cm³/mol. The molecule has 2 amide bonds. The quantitative estimate of drug-likeness (QED) is 0.0591. The van der Waals surface area contributed by atoms with E-state index in [0.29, 0.717) is 36.4 Å². The molecular formula is C52H58N10O4. The predicted octanol–water partition coefficient (Wildman–Crippen LogP) is 8.75. The van der Waals surface area contributed by atoms with Crippen LogP contribution in [0.25, 0.3) is 55.9 Å². The molecule has 0 unspecified atom stereocenters. The van der Waals surface area contributed by atoms with Crippen molar-refractivity contribution in [2.45, 2.75) is 84.7 Å². The maximum Gasteiger partial charge on any atom is 0.251 e. The number of carbonyl (C=O) groups excluding carboxylic acids is 2. The third-order valence-corrected chi connectivity index (χ3v) is 12.5. The zero-order valence-corrected chi connectivity index (χ0v) is 38.4. The van der Waals surface area contributed by atoms with Crippen LogP contribution in [-0.4, -0.2) is 91.2 Å². The minimum absolute atomic E-state index is 0.00881. The van der Waals surface area contributed by atoms with Crippen molar-refractivity contribution in [1.82, 2.24) is 39.4 Å². The largest absolute Gasteiger partial charge is 0.396 e. The number of methoxy groups -OCH3 is 1. The van der Waals surface area contributed by atoms with Crippen molar-refractivity contribution in [3.63, 3.8) is 0 Å². The lowest BCUT2D eigenvalue weighted by Crippen LogP contribution is -2.25. The van der Waals surface area contributed by atoms with Gasteiger partial charge in [-0.3, -0.25) is 18.4 Å². The van der Waals surface area contributed by atoms with E-state index in [2.05, 4.69) is 82.0 Å². The van der Waals surface area contributed by atoms with Crippen LogP contribution in [0.3, 0.4) is 0 Å². The number of aliphatic hydroxyl groups is 1. The van der Waals surface area contributed by atoms with Gasteiger partial charge in [-0.1, -0.05) is 24.3 Å². The monoisotopic (exact) mass is 886 g/mol. The molecule has 14 nitrogen and oxygen atoms in total. The number of unbranched alkanes of at least 4 members (excludes halogenated alkanes) is 1. The Morgan fingerprint density at radius 2 is 1.05 bits per heavy atom. The van der Waals surface area contributed by atoms with Crippen molar-refractivity contribution in [2.24, 2.45) is 0 Å². The van der Waals surface area contributed by atoms with E-state index < -0.39 is 0 Å². The van der Waals surface area contributed by atoms with Gasteiger partial charge in [0.25, 0.3) is 11.8 Å². The normalized spacial score (nSPS) is 13.5. The van der Waals surface area contributed by atoms with Gasteiger partial charge in [-0.15, -0.1) is 0 Å². The number of rotatable bonds is 16. The van der Waals surface area contributed by atoms with Crippen molar-refractivity contribution < 1.29 is 19.4 Å². The summed E-state index contributed by atoms with van der Waals surface area (Å²) >= 11 is 0. The second kappa shape index (κ2) is 19.3. The first kappa shape index (κ1) is 44.3. The highest BCUT2D eigenvalue weighted by Gasteiger charge is 2.25. The van der Waals surface area contributed by atoms with Gasteiger partial charge in [0.1, 0.15) is 0 Å². The van der Waals surface area contributed by atoms with Gasteiger partial charge in [0, 0.05) is 67.8 Å². The fourth-order valence-electron chi connectivity index (χ4n) is 8.06. The summed E-state index contributed by atoms with van der Waals surface area (Å²) < 4.78 is 9.47. The van der Waals surface area contributed by atoms with Crippen LogP contribution in [0.2, 0.25) is 0 Å². The Labute approximate surface area is 384 Å². The molecule has 2 saturated carbocycles. The summed E-state index contributed by atoms with van der Waals surface area (Å²) in [4.78, 5) is 44.0. The number of hydrogen-bond donors (Lipinski definition) is 5. The van der Waals surface area contributed by atoms with E-state index in [4.69, 9.17) is 29.8 Å². The van der Waals surface area contributed by atoms with Crippen LogP contribution < -0.4 is 21.3 Å². The minimum atomic E-state index is -0.0164. The van der Waals surface area contributed by atoms with E-state index in [1.54, 1.807) is 7.11 Å². The summed E-state index contributed by atoms with van der Waals surface area (Å²) in [6, 6.07) is 24.7. The molecule has 2 fully saturated rings. The number of benzene rings is 4. The average Bonchev–Trinajstić information content (AvgIpc) is 4.23. The Kier molecular flexibility index (Phi) is 12.9. The Bertz CT molecular complexity index is 2850. The van der Waals surface area contributed by atoms with E-state index in [9.17, 15) is 9.59 Å². The van der Waals surface area contributed by atoms with Gasteiger partial charge in [-0.25, -0.2) is 19.9 Å². The topological polar surface area (TPSA) is 172 Å². The Morgan fingerprint density at radius 3 is 1.45 bits per heavy atom. The number of anilines is 2. The molecule has 5 N–H and O–H groups in total. The summed E-state index contributed by atoms with van der Waals surface area (Å²) in [7, 11) is 1.71. The van der Waals surface area contributed by atoms with Crippen LogP contribution in [0.15, 0.2) is 85.2 Å². The van der Waals surface area contributed by atoms with Crippen molar-refractivity contribution in [1.29, 1.82) is 0 Å². The minimum Gasteiger partial charge on any atom is -0.396 e. The molecule has 66 heavy (non-hydrogen) atoms. The molecular weight excluding hydrogens is 829 g/mol. The van der Waals surface area contributed by atoms with E-state index in [0.717, 1.165) is 119 Å². The number of nitrogens with zero attached hydrogens (tertiary/aromatic N) is 6. The molecule has 0 atom stereocenters. The molecule has 14 heteroatoms. The maximum absolute atomic E-state index is 12.4. The lowest BCUT2D eigenvalue weighted by Gasteiger charge is -2.13. The molecule has 4 aromatic heterocycles. The number of amides is 2. The van der Waals surface area contributed by atoms with E-state index >= 15 is 0 Å². The molecule has 4 aromatic carbocycles. The van der Waals surface area contributed by atoms with Crippen molar-refractivity contribution in [3.8, 4) is 22.5 Å². The number of hydrogen-bond acceptors (Lipinski definition) is 10. The summed E-state index contributed by atoms with van der Waals surface area (Å²) in [5.41, 5.74) is 15.4. The van der Waals surface area contributed by atoms with Crippen LogP contribution in [0, 0.1) is 27.7 Å². The SMILES string of the molecule is COCCCNc1nc2cc(C)c(C)cc2n2c(-c3ccc(C(=O)NC4CC4)cc3)cnc12.Cc1cc2nc(NCCCCO)c3ncc(-c4ccc(C(=O)NC5CC5)cc4)n3c2cc1C. The number of aryl methyl sites for hydroxylation is 4. The molecule has 2 aliphatic rings. The zero-order chi connectivity index (χ0) is 45.9. The highest BCUT2D eigenvalue weighted by atomic mass is 16.5. The van der Waals surface area contributed by atoms with Gasteiger partial charge in [0.2, 0.25) is 0 Å². The van der Waals surface area contributed by atoms with Gasteiger partial charge in [-0.2, -0.15) is 0 Å². The first-order chi connectivity index (χ1) is 32.1. The van der Waals surface area contributed by atoms with Crippen LogP contribution in [0.1, 0.15) is 87.9 Å². The van der Waals surface area contributed by atoms with Gasteiger partial charge < -0.3 is 31.1 Å². The fraction of sp³-hybridized carbons (Fsp3) is 0.346. The molecule has 0 saturated heterocycles. The van der Waals surface area contributed by atoms with E-state index in [1.165, 1.54) is 22.3 Å². The smallest absolute Gasteiger partial charge is 0.251 e. The van der Waals surface area contributed by atoms with Gasteiger partial charge in [0.05, 0.1) is 45.8 Å². The van der Waals surface area contributed by atoms with Gasteiger partial charge in [-0.05, 0) is 143 Å².